The van der Waals surface area contributed by atoms with Gasteiger partial charge in [-0.15, -0.1) is 24.0 Å². The third-order valence-electron chi connectivity index (χ3n) is 5.23. The van der Waals surface area contributed by atoms with Crippen LogP contribution >= 0.6 is 24.0 Å². The number of guanidine groups is 1. The third-order valence-corrected chi connectivity index (χ3v) is 5.23. The van der Waals surface area contributed by atoms with Gasteiger partial charge in [0.15, 0.2) is 5.96 Å². The van der Waals surface area contributed by atoms with Gasteiger partial charge >= 0.3 is 0 Å². The summed E-state index contributed by atoms with van der Waals surface area (Å²) in [4.78, 5) is 9.24. The first-order chi connectivity index (χ1) is 12.6. The second kappa shape index (κ2) is 13.3. The van der Waals surface area contributed by atoms with Gasteiger partial charge in [-0.25, -0.2) is 0 Å². The molecule has 0 amide bonds. The minimum atomic E-state index is 0. The maximum atomic E-state index is 5.57. The Balaban J connectivity index is 0.00000364. The highest BCUT2D eigenvalue weighted by Crippen LogP contribution is 2.16. The van der Waals surface area contributed by atoms with Crippen LogP contribution < -0.4 is 5.32 Å². The van der Waals surface area contributed by atoms with E-state index < -0.39 is 0 Å². The molecule has 1 aromatic carbocycles. The number of hydrogen-bond donors (Lipinski definition) is 1. The van der Waals surface area contributed by atoms with E-state index in [9.17, 15) is 0 Å². The van der Waals surface area contributed by atoms with Crippen molar-refractivity contribution in [2.75, 3.05) is 46.9 Å². The molecule has 2 unspecified atom stereocenters. The maximum Gasteiger partial charge on any atom is 0.193 e. The highest BCUT2D eigenvalue weighted by atomic mass is 127. The molecule has 0 saturated carbocycles. The molecule has 1 saturated heterocycles. The number of hydrogen-bond acceptors (Lipinski definition) is 3. The molecule has 2 atom stereocenters. The lowest BCUT2D eigenvalue weighted by atomic mass is 10.1. The zero-order valence-corrected chi connectivity index (χ0v) is 19.7. The van der Waals surface area contributed by atoms with E-state index in [1.54, 1.807) is 0 Å². The first-order valence-corrected chi connectivity index (χ1v) is 9.91. The molecule has 1 heterocycles. The quantitative estimate of drug-likeness (QED) is 0.329. The summed E-state index contributed by atoms with van der Waals surface area (Å²) in [5.41, 5.74) is 1.36. The molecular formula is C21H37IN4O. The highest BCUT2D eigenvalue weighted by Gasteiger charge is 2.24. The Labute approximate surface area is 182 Å². The van der Waals surface area contributed by atoms with Crippen LogP contribution in [0.15, 0.2) is 35.3 Å². The molecule has 6 heteroatoms. The van der Waals surface area contributed by atoms with Crippen LogP contribution in [-0.2, 0) is 11.3 Å². The van der Waals surface area contributed by atoms with Crippen LogP contribution in [0.5, 0.6) is 0 Å². The van der Waals surface area contributed by atoms with Crippen molar-refractivity contribution in [2.24, 2.45) is 10.9 Å². The molecule has 0 aromatic heterocycles. The number of rotatable bonds is 9. The van der Waals surface area contributed by atoms with Gasteiger partial charge in [0.1, 0.15) is 0 Å². The first kappa shape index (κ1) is 24.2. The first-order valence-electron chi connectivity index (χ1n) is 9.91. The Morgan fingerprint density at radius 1 is 1.37 bits per heavy atom. The molecule has 1 aliphatic rings. The largest absolute Gasteiger partial charge is 0.381 e. The number of likely N-dealkylation sites (tertiary alicyclic amines) is 1. The van der Waals surface area contributed by atoms with Gasteiger partial charge in [0.25, 0.3) is 0 Å². The van der Waals surface area contributed by atoms with Crippen LogP contribution in [0.25, 0.3) is 0 Å². The van der Waals surface area contributed by atoms with Crippen molar-refractivity contribution in [3.05, 3.63) is 35.9 Å². The Morgan fingerprint density at radius 3 is 2.78 bits per heavy atom. The average Bonchev–Trinajstić information content (AvgIpc) is 3.12. The molecule has 0 bridgehead atoms. The van der Waals surface area contributed by atoms with E-state index in [-0.39, 0.29) is 24.0 Å². The van der Waals surface area contributed by atoms with Gasteiger partial charge in [0.05, 0.1) is 6.61 Å². The maximum absolute atomic E-state index is 5.57. The Morgan fingerprint density at radius 2 is 2.11 bits per heavy atom. The van der Waals surface area contributed by atoms with Crippen molar-refractivity contribution in [3.8, 4) is 0 Å². The number of ether oxygens (including phenoxy) is 1. The van der Waals surface area contributed by atoms with Gasteiger partial charge in [0, 0.05) is 51.8 Å². The molecule has 1 N–H and O–H groups in total. The number of aliphatic imine (C=N–C) groups is 1. The highest BCUT2D eigenvalue weighted by molar-refractivity contribution is 14.0. The summed E-state index contributed by atoms with van der Waals surface area (Å²) in [6, 6.07) is 11.2. The lowest BCUT2D eigenvalue weighted by Crippen LogP contribution is -2.42. The molecule has 1 aliphatic heterocycles. The van der Waals surface area contributed by atoms with Gasteiger partial charge in [0.2, 0.25) is 0 Å². The van der Waals surface area contributed by atoms with Crippen molar-refractivity contribution in [1.82, 2.24) is 15.1 Å². The summed E-state index contributed by atoms with van der Waals surface area (Å²) in [7, 11) is 4.08. The van der Waals surface area contributed by atoms with Crippen molar-refractivity contribution in [3.63, 3.8) is 0 Å². The average molecular weight is 488 g/mol. The summed E-state index contributed by atoms with van der Waals surface area (Å²) in [5, 5.41) is 3.55. The van der Waals surface area contributed by atoms with Crippen LogP contribution in [-0.4, -0.2) is 68.7 Å². The molecule has 1 aromatic rings. The van der Waals surface area contributed by atoms with Gasteiger partial charge < -0.3 is 15.0 Å². The second-order valence-corrected chi connectivity index (χ2v) is 7.27. The van der Waals surface area contributed by atoms with E-state index >= 15 is 0 Å². The summed E-state index contributed by atoms with van der Waals surface area (Å²) >= 11 is 0. The molecule has 2 rings (SSSR count). The normalized spacial score (nSPS) is 18.5. The monoisotopic (exact) mass is 488 g/mol. The van der Waals surface area contributed by atoms with Crippen LogP contribution in [0.3, 0.4) is 0 Å². The smallest absolute Gasteiger partial charge is 0.193 e. The molecule has 0 spiro atoms. The summed E-state index contributed by atoms with van der Waals surface area (Å²) in [6.45, 7) is 10.1. The number of nitrogens with zero attached hydrogens (tertiary/aromatic N) is 3. The number of benzene rings is 1. The predicted molar refractivity (Wildman–Crippen MR) is 125 cm³/mol. The van der Waals surface area contributed by atoms with Gasteiger partial charge in [-0.05, 0) is 39.3 Å². The van der Waals surface area contributed by atoms with E-state index in [1.807, 2.05) is 7.05 Å². The molecule has 5 nitrogen and oxygen atoms in total. The van der Waals surface area contributed by atoms with E-state index in [0.717, 1.165) is 51.8 Å². The number of nitrogens with one attached hydrogen (secondary N) is 1. The molecule has 0 radical (unpaired) electrons. The summed E-state index contributed by atoms with van der Waals surface area (Å²) in [6.07, 6.45) is 2.29. The van der Waals surface area contributed by atoms with Crippen LogP contribution in [0.1, 0.15) is 32.3 Å². The Hall–Kier alpha value is -0.860. The second-order valence-electron chi connectivity index (χ2n) is 7.27. The molecule has 0 aliphatic carbocycles. The zero-order valence-electron chi connectivity index (χ0n) is 17.4. The van der Waals surface area contributed by atoms with Crippen LogP contribution in [0, 0.1) is 5.92 Å². The minimum Gasteiger partial charge on any atom is -0.381 e. The third kappa shape index (κ3) is 8.35. The topological polar surface area (TPSA) is 40.1 Å². The standard InChI is InChI=1S/C21H36N4O.HI/c1-5-26-17-20-12-14-25(16-20)21(22-3)23-13-11-18(2)24(4)15-19-9-7-6-8-10-19;/h6-10,18,20H,5,11-17H2,1-4H3,(H,22,23);1H. The zero-order chi connectivity index (χ0) is 18.8. The van der Waals surface area contributed by atoms with Crippen LogP contribution in [0.2, 0.25) is 0 Å². The SMILES string of the molecule is CCOCC1CCN(C(=NC)NCCC(C)N(C)Cc2ccccc2)C1.I. The summed E-state index contributed by atoms with van der Waals surface area (Å²) < 4.78 is 5.57. The van der Waals surface area contributed by atoms with Gasteiger partial charge in [-0.2, -0.15) is 0 Å². The molecule has 154 valence electrons. The molecule has 27 heavy (non-hydrogen) atoms. The molecular weight excluding hydrogens is 451 g/mol. The fourth-order valence-electron chi connectivity index (χ4n) is 3.42. The van der Waals surface area contributed by atoms with Crippen LogP contribution in [0.4, 0.5) is 0 Å². The predicted octanol–water partition coefficient (Wildman–Crippen LogP) is 3.45. The van der Waals surface area contributed by atoms with Crippen molar-refractivity contribution in [2.45, 2.75) is 39.3 Å². The van der Waals surface area contributed by atoms with Gasteiger partial charge in [-0.3, -0.25) is 9.89 Å². The molecule has 1 fully saturated rings. The van der Waals surface area contributed by atoms with E-state index in [1.165, 1.54) is 12.0 Å². The number of halogens is 1. The van der Waals surface area contributed by atoms with E-state index in [4.69, 9.17) is 4.74 Å². The van der Waals surface area contributed by atoms with Crippen molar-refractivity contribution < 1.29 is 4.74 Å². The van der Waals surface area contributed by atoms with E-state index in [0.29, 0.717) is 12.0 Å². The lowest BCUT2D eigenvalue weighted by molar-refractivity contribution is 0.114. The Bertz CT molecular complexity index is 540. The minimum absolute atomic E-state index is 0. The van der Waals surface area contributed by atoms with Crippen molar-refractivity contribution >= 4 is 29.9 Å². The lowest BCUT2D eigenvalue weighted by Gasteiger charge is -2.26. The van der Waals surface area contributed by atoms with E-state index in [2.05, 4.69) is 71.3 Å². The fourth-order valence-corrected chi connectivity index (χ4v) is 3.42. The van der Waals surface area contributed by atoms with Gasteiger partial charge in [-0.1, -0.05) is 30.3 Å². The summed E-state index contributed by atoms with van der Waals surface area (Å²) in [5.74, 6) is 1.66. The fraction of sp³-hybridized carbons (Fsp3) is 0.667. The Kier molecular flexibility index (Phi) is 11.9. The van der Waals surface area contributed by atoms with Crippen molar-refractivity contribution in [1.29, 1.82) is 0 Å².